The molecule has 1 amide bonds. The molecule has 0 fully saturated rings. The normalized spacial score (nSPS) is 10.4. The molecule has 94 valence electrons. The number of halogens is 1. The van der Waals surface area contributed by atoms with Crippen LogP contribution in [0, 0.1) is 6.92 Å². The third-order valence-electron chi connectivity index (χ3n) is 2.76. The fourth-order valence-corrected chi connectivity index (χ4v) is 2.99. The quantitative estimate of drug-likeness (QED) is 0.833. The highest BCUT2D eigenvalue weighted by Crippen LogP contribution is 2.22. The van der Waals surface area contributed by atoms with Crippen molar-refractivity contribution < 1.29 is 4.79 Å². The van der Waals surface area contributed by atoms with Gasteiger partial charge in [0.05, 0.1) is 3.79 Å². The first-order valence-electron chi connectivity index (χ1n) is 5.62. The van der Waals surface area contributed by atoms with Crippen molar-refractivity contribution in [2.45, 2.75) is 13.5 Å². The number of amides is 1. The van der Waals surface area contributed by atoms with Crippen LogP contribution in [0.2, 0.25) is 0 Å². The third-order valence-corrected chi connectivity index (χ3v) is 4.32. The third kappa shape index (κ3) is 3.00. The zero-order chi connectivity index (χ0) is 13.1. The van der Waals surface area contributed by atoms with Gasteiger partial charge in [0.15, 0.2) is 0 Å². The Bertz CT molecular complexity index is 564. The topological polar surface area (TPSA) is 20.3 Å². The maximum Gasteiger partial charge on any atom is 0.254 e. The van der Waals surface area contributed by atoms with Crippen LogP contribution >= 0.6 is 27.3 Å². The van der Waals surface area contributed by atoms with Gasteiger partial charge in [0.1, 0.15) is 0 Å². The van der Waals surface area contributed by atoms with Crippen LogP contribution in [-0.4, -0.2) is 17.9 Å². The molecule has 1 aromatic carbocycles. The Morgan fingerprint density at radius 3 is 2.72 bits per heavy atom. The van der Waals surface area contributed by atoms with Gasteiger partial charge in [0, 0.05) is 19.2 Å². The number of hydrogen-bond donors (Lipinski definition) is 0. The first kappa shape index (κ1) is 13.3. The summed E-state index contributed by atoms with van der Waals surface area (Å²) in [5.41, 5.74) is 2.94. The molecule has 0 aliphatic carbocycles. The van der Waals surface area contributed by atoms with E-state index in [0.717, 1.165) is 20.5 Å². The molecule has 2 rings (SSSR count). The molecule has 0 bridgehead atoms. The van der Waals surface area contributed by atoms with Crippen molar-refractivity contribution in [1.29, 1.82) is 0 Å². The largest absolute Gasteiger partial charge is 0.337 e. The van der Waals surface area contributed by atoms with Gasteiger partial charge in [-0.2, -0.15) is 0 Å². The number of benzene rings is 1. The van der Waals surface area contributed by atoms with Gasteiger partial charge in [0.25, 0.3) is 5.91 Å². The van der Waals surface area contributed by atoms with Crippen molar-refractivity contribution >= 4 is 33.2 Å². The standard InChI is InChI=1S/C14H14BrNOS/c1-10-5-3-4-6-12(10)14(17)16(2)8-11-7-13(15)18-9-11/h3-7,9H,8H2,1-2H3. The van der Waals surface area contributed by atoms with E-state index >= 15 is 0 Å². The van der Waals surface area contributed by atoms with Gasteiger partial charge in [-0.25, -0.2) is 0 Å². The smallest absolute Gasteiger partial charge is 0.254 e. The van der Waals surface area contributed by atoms with Gasteiger partial charge in [-0.05, 0) is 51.5 Å². The molecule has 0 atom stereocenters. The number of nitrogens with zero attached hydrogens (tertiary/aromatic N) is 1. The number of carbonyl (C=O) groups is 1. The van der Waals surface area contributed by atoms with Crippen LogP contribution in [0.1, 0.15) is 21.5 Å². The highest BCUT2D eigenvalue weighted by atomic mass is 79.9. The van der Waals surface area contributed by atoms with E-state index in [1.54, 1.807) is 16.2 Å². The highest BCUT2D eigenvalue weighted by molar-refractivity contribution is 9.11. The zero-order valence-electron chi connectivity index (χ0n) is 10.3. The summed E-state index contributed by atoms with van der Waals surface area (Å²) < 4.78 is 1.09. The minimum atomic E-state index is 0.0652. The van der Waals surface area contributed by atoms with E-state index in [4.69, 9.17) is 0 Å². The second-order valence-corrected chi connectivity index (χ2v) is 6.53. The monoisotopic (exact) mass is 323 g/mol. The molecule has 0 saturated carbocycles. The second-order valence-electron chi connectivity index (χ2n) is 4.24. The fraction of sp³-hybridized carbons (Fsp3) is 0.214. The van der Waals surface area contributed by atoms with Crippen molar-refractivity contribution in [2.75, 3.05) is 7.05 Å². The first-order chi connectivity index (χ1) is 8.58. The minimum absolute atomic E-state index is 0.0652. The maximum absolute atomic E-state index is 12.3. The second kappa shape index (κ2) is 5.67. The summed E-state index contributed by atoms with van der Waals surface area (Å²) in [7, 11) is 1.83. The lowest BCUT2D eigenvalue weighted by Gasteiger charge is -2.17. The number of hydrogen-bond acceptors (Lipinski definition) is 2. The van der Waals surface area contributed by atoms with Crippen molar-refractivity contribution in [3.05, 3.63) is 56.2 Å². The van der Waals surface area contributed by atoms with Crippen molar-refractivity contribution in [1.82, 2.24) is 4.90 Å². The van der Waals surface area contributed by atoms with Gasteiger partial charge in [0.2, 0.25) is 0 Å². The average molecular weight is 324 g/mol. The molecule has 0 aliphatic heterocycles. The maximum atomic E-state index is 12.3. The molecule has 2 nitrogen and oxygen atoms in total. The van der Waals surface area contributed by atoms with Crippen LogP contribution in [0.15, 0.2) is 39.5 Å². The molecule has 0 aliphatic rings. The summed E-state index contributed by atoms with van der Waals surface area (Å²) in [6.07, 6.45) is 0. The van der Waals surface area contributed by atoms with Crippen LogP contribution in [-0.2, 0) is 6.54 Å². The van der Waals surface area contributed by atoms with E-state index in [1.165, 1.54) is 0 Å². The summed E-state index contributed by atoms with van der Waals surface area (Å²) in [4.78, 5) is 14.0. The zero-order valence-corrected chi connectivity index (χ0v) is 12.7. The van der Waals surface area contributed by atoms with Gasteiger partial charge < -0.3 is 4.90 Å². The number of aryl methyl sites for hydroxylation is 1. The number of rotatable bonds is 3. The van der Waals surface area contributed by atoms with Crippen molar-refractivity contribution in [2.24, 2.45) is 0 Å². The van der Waals surface area contributed by atoms with Gasteiger partial charge >= 0.3 is 0 Å². The first-order valence-corrected chi connectivity index (χ1v) is 7.29. The van der Waals surface area contributed by atoms with Crippen LogP contribution in [0.5, 0.6) is 0 Å². The van der Waals surface area contributed by atoms with Crippen molar-refractivity contribution in [3.8, 4) is 0 Å². The lowest BCUT2D eigenvalue weighted by molar-refractivity contribution is 0.0784. The highest BCUT2D eigenvalue weighted by Gasteiger charge is 2.14. The Balaban J connectivity index is 2.12. The molecule has 0 unspecified atom stereocenters. The van der Waals surface area contributed by atoms with E-state index in [-0.39, 0.29) is 5.91 Å². The molecular formula is C14H14BrNOS. The Labute approximate surface area is 119 Å². The Morgan fingerprint density at radius 2 is 2.11 bits per heavy atom. The molecular weight excluding hydrogens is 310 g/mol. The van der Waals surface area contributed by atoms with E-state index in [0.29, 0.717) is 6.54 Å². The SMILES string of the molecule is Cc1ccccc1C(=O)N(C)Cc1csc(Br)c1. The lowest BCUT2D eigenvalue weighted by Crippen LogP contribution is -2.26. The average Bonchev–Trinajstić information content (AvgIpc) is 2.74. The van der Waals surface area contributed by atoms with E-state index in [9.17, 15) is 4.79 Å². The summed E-state index contributed by atoms with van der Waals surface area (Å²) in [5.74, 6) is 0.0652. The molecule has 0 radical (unpaired) electrons. The Hall–Kier alpha value is -1.13. The Morgan fingerprint density at radius 1 is 1.39 bits per heavy atom. The number of carbonyl (C=O) groups excluding carboxylic acids is 1. The van der Waals surface area contributed by atoms with Gasteiger partial charge in [-0.15, -0.1) is 11.3 Å². The molecule has 4 heteroatoms. The summed E-state index contributed by atoms with van der Waals surface area (Å²) in [6, 6.07) is 9.73. The summed E-state index contributed by atoms with van der Waals surface area (Å²) >= 11 is 5.07. The van der Waals surface area contributed by atoms with E-state index < -0.39 is 0 Å². The van der Waals surface area contributed by atoms with E-state index in [2.05, 4.69) is 21.3 Å². The number of thiophene rings is 1. The minimum Gasteiger partial charge on any atom is -0.337 e. The fourth-order valence-electron chi connectivity index (χ4n) is 1.79. The molecule has 0 spiro atoms. The molecule has 18 heavy (non-hydrogen) atoms. The molecule has 1 aromatic heterocycles. The van der Waals surface area contributed by atoms with Gasteiger partial charge in [-0.3, -0.25) is 4.79 Å². The molecule has 0 saturated heterocycles. The van der Waals surface area contributed by atoms with Gasteiger partial charge in [-0.1, -0.05) is 18.2 Å². The van der Waals surface area contributed by atoms with Crippen LogP contribution in [0.4, 0.5) is 0 Å². The Kier molecular flexibility index (Phi) is 4.19. The summed E-state index contributed by atoms with van der Waals surface area (Å²) in [5, 5.41) is 2.06. The van der Waals surface area contributed by atoms with Crippen LogP contribution in [0.25, 0.3) is 0 Å². The van der Waals surface area contributed by atoms with Crippen LogP contribution < -0.4 is 0 Å². The molecule has 0 N–H and O–H groups in total. The molecule has 1 heterocycles. The predicted octanol–water partition coefficient (Wildman–Crippen LogP) is 4.09. The molecule has 2 aromatic rings. The summed E-state index contributed by atoms with van der Waals surface area (Å²) in [6.45, 7) is 2.59. The lowest BCUT2D eigenvalue weighted by atomic mass is 10.1. The van der Waals surface area contributed by atoms with E-state index in [1.807, 2.05) is 44.3 Å². The van der Waals surface area contributed by atoms with Crippen LogP contribution in [0.3, 0.4) is 0 Å². The predicted molar refractivity (Wildman–Crippen MR) is 79.0 cm³/mol. The van der Waals surface area contributed by atoms with Crippen molar-refractivity contribution in [3.63, 3.8) is 0 Å².